The molecule has 1 rings (SSSR count). The summed E-state index contributed by atoms with van der Waals surface area (Å²) in [4.78, 5) is 0. The van der Waals surface area contributed by atoms with Crippen molar-refractivity contribution < 1.29 is 5.11 Å². The third-order valence-corrected chi connectivity index (χ3v) is 1.91. The highest BCUT2D eigenvalue weighted by molar-refractivity contribution is 5.26. The van der Waals surface area contributed by atoms with Gasteiger partial charge in [-0.1, -0.05) is 24.3 Å². The fourth-order valence-electron chi connectivity index (χ4n) is 1.24. The highest BCUT2D eigenvalue weighted by Gasteiger charge is 1.98. The standard InChI is InChI=1S/C10H14NO/c11-8-10-5-2-1-4-9(10)6-3-7-12/h1-2,4-5,11-12H,3,6-8H2. The second kappa shape index (κ2) is 4.91. The van der Waals surface area contributed by atoms with Crippen molar-refractivity contribution in [2.45, 2.75) is 19.4 Å². The van der Waals surface area contributed by atoms with Crippen LogP contribution in [0.4, 0.5) is 0 Å². The van der Waals surface area contributed by atoms with Crippen LogP contribution in [0.15, 0.2) is 24.3 Å². The maximum absolute atomic E-state index is 8.64. The maximum atomic E-state index is 8.64. The van der Waals surface area contributed by atoms with Crippen molar-refractivity contribution in [2.75, 3.05) is 6.61 Å². The number of nitrogens with one attached hydrogen (secondary N) is 1. The second-order valence-corrected chi connectivity index (χ2v) is 2.77. The zero-order chi connectivity index (χ0) is 8.81. The van der Waals surface area contributed by atoms with Gasteiger partial charge in [-0.15, -0.1) is 0 Å². The lowest BCUT2D eigenvalue weighted by atomic mass is 10.0. The van der Waals surface area contributed by atoms with Gasteiger partial charge in [-0.25, -0.2) is 0 Å². The molecule has 1 aromatic rings. The first-order chi connectivity index (χ1) is 5.88. The van der Waals surface area contributed by atoms with Crippen LogP contribution < -0.4 is 5.73 Å². The van der Waals surface area contributed by atoms with E-state index in [9.17, 15) is 0 Å². The third kappa shape index (κ3) is 2.32. The van der Waals surface area contributed by atoms with Crippen LogP contribution in [0.25, 0.3) is 0 Å². The van der Waals surface area contributed by atoms with E-state index in [2.05, 4.69) is 0 Å². The van der Waals surface area contributed by atoms with Gasteiger partial charge in [0, 0.05) is 13.2 Å². The zero-order valence-corrected chi connectivity index (χ0v) is 7.09. The molecule has 0 amide bonds. The van der Waals surface area contributed by atoms with Gasteiger partial charge in [-0.05, 0) is 24.0 Å². The van der Waals surface area contributed by atoms with Crippen LogP contribution in [0.5, 0.6) is 0 Å². The largest absolute Gasteiger partial charge is 0.396 e. The highest BCUT2D eigenvalue weighted by atomic mass is 16.2. The smallest absolute Gasteiger partial charge is 0.0434 e. The first-order valence-electron chi connectivity index (χ1n) is 4.20. The number of hydrogen-bond donors (Lipinski definition) is 1. The molecule has 0 atom stereocenters. The summed E-state index contributed by atoms with van der Waals surface area (Å²) in [6, 6.07) is 7.93. The van der Waals surface area contributed by atoms with Crippen LogP contribution in [-0.4, -0.2) is 11.7 Å². The van der Waals surface area contributed by atoms with E-state index in [1.165, 1.54) is 5.56 Å². The number of rotatable bonds is 4. The molecule has 0 unspecified atom stereocenters. The first-order valence-corrected chi connectivity index (χ1v) is 4.20. The van der Waals surface area contributed by atoms with Crippen LogP contribution in [0.2, 0.25) is 0 Å². The quantitative estimate of drug-likeness (QED) is 0.718. The summed E-state index contributed by atoms with van der Waals surface area (Å²) >= 11 is 0. The van der Waals surface area contributed by atoms with Crippen molar-refractivity contribution in [1.29, 1.82) is 0 Å². The topological polar surface area (TPSA) is 44.0 Å². The predicted octanol–water partition coefficient (Wildman–Crippen LogP) is 1.39. The Balaban J connectivity index is 2.68. The van der Waals surface area contributed by atoms with Gasteiger partial charge in [0.05, 0.1) is 0 Å². The van der Waals surface area contributed by atoms with E-state index in [0.717, 1.165) is 18.4 Å². The number of aliphatic hydroxyl groups is 1. The highest BCUT2D eigenvalue weighted by Crippen LogP contribution is 2.10. The zero-order valence-electron chi connectivity index (χ0n) is 7.09. The monoisotopic (exact) mass is 164 g/mol. The van der Waals surface area contributed by atoms with Crippen LogP contribution in [0, 0.1) is 0 Å². The van der Waals surface area contributed by atoms with Gasteiger partial charge in [0.2, 0.25) is 0 Å². The van der Waals surface area contributed by atoms with Gasteiger partial charge in [-0.3, -0.25) is 5.73 Å². The predicted molar refractivity (Wildman–Crippen MR) is 48.6 cm³/mol. The van der Waals surface area contributed by atoms with E-state index in [1.54, 1.807) is 0 Å². The Morgan fingerprint density at radius 2 is 1.83 bits per heavy atom. The minimum atomic E-state index is 0.229. The van der Waals surface area contributed by atoms with E-state index in [-0.39, 0.29) is 6.61 Å². The molecule has 0 heterocycles. The molecule has 0 aliphatic carbocycles. The molecule has 12 heavy (non-hydrogen) atoms. The Hall–Kier alpha value is -0.860. The van der Waals surface area contributed by atoms with Crippen molar-refractivity contribution in [3.8, 4) is 0 Å². The minimum Gasteiger partial charge on any atom is -0.396 e. The lowest BCUT2D eigenvalue weighted by Gasteiger charge is -2.04. The summed E-state index contributed by atoms with van der Waals surface area (Å²) < 4.78 is 0. The molecule has 2 N–H and O–H groups in total. The second-order valence-electron chi connectivity index (χ2n) is 2.77. The molecule has 2 nitrogen and oxygen atoms in total. The molecular weight excluding hydrogens is 150 g/mol. The molecule has 0 bridgehead atoms. The number of aliphatic hydroxyl groups excluding tert-OH is 1. The lowest BCUT2D eigenvalue weighted by Crippen LogP contribution is -1.96. The normalized spacial score (nSPS) is 10.2. The van der Waals surface area contributed by atoms with Crippen molar-refractivity contribution >= 4 is 0 Å². The van der Waals surface area contributed by atoms with Crippen molar-refractivity contribution in [1.82, 2.24) is 5.73 Å². The molecule has 1 aromatic carbocycles. The number of hydrogen-bond acceptors (Lipinski definition) is 1. The number of aryl methyl sites for hydroxylation is 1. The van der Waals surface area contributed by atoms with Gasteiger partial charge in [0.1, 0.15) is 0 Å². The fraction of sp³-hybridized carbons (Fsp3) is 0.400. The van der Waals surface area contributed by atoms with Crippen LogP contribution in [0.1, 0.15) is 17.5 Å². The van der Waals surface area contributed by atoms with E-state index < -0.39 is 0 Å². The SMILES string of the molecule is [NH]Cc1ccccc1CCCO. The molecule has 0 spiro atoms. The van der Waals surface area contributed by atoms with Crippen LogP contribution in [0.3, 0.4) is 0 Å². The fourth-order valence-corrected chi connectivity index (χ4v) is 1.24. The molecule has 0 aromatic heterocycles. The molecule has 0 saturated carbocycles. The Kier molecular flexibility index (Phi) is 3.77. The van der Waals surface area contributed by atoms with Gasteiger partial charge in [0.25, 0.3) is 0 Å². The molecule has 0 aliphatic rings. The van der Waals surface area contributed by atoms with Gasteiger partial charge in [0.15, 0.2) is 0 Å². The van der Waals surface area contributed by atoms with Crippen LogP contribution >= 0.6 is 0 Å². The Morgan fingerprint density at radius 3 is 2.42 bits per heavy atom. The van der Waals surface area contributed by atoms with Gasteiger partial charge >= 0.3 is 0 Å². The molecule has 0 aliphatic heterocycles. The van der Waals surface area contributed by atoms with Gasteiger partial charge in [-0.2, -0.15) is 0 Å². The van der Waals surface area contributed by atoms with E-state index in [4.69, 9.17) is 10.8 Å². The van der Waals surface area contributed by atoms with E-state index >= 15 is 0 Å². The third-order valence-electron chi connectivity index (χ3n) is 1.91. The minimum absolute atomic E-state index is 0.229. The number of benzene rings is 1. The first kappa shape index (κ1) is 9.23. The van der Waals surface area contributed by atoms with Crippen molar-refractivity contribution in [2.24, 2.45) is 0 Å². The summed E-state index contributed by atoms with van der Waals surface area (Å²) in [5.41, 5.74) is 9.53. The molecule has 1 radical (unpaired) electrons. The lowest BCUT2D eigenvalue weighted by molar-refractivity contribution is 0.288. The maximum Gasteiger partial charge on any atom is 0.0434 e. The van der Waals surface area contributed by atoms with Crippen molar-refractivity contribution in [3.05, 3.63) is 35.4 Å². The van der Waals surface area contributed by atoms with Crippen molar-refractivity contribution in [3.63, 3.8) is 0 Å². The van der Waals surface area contributed by atoms with Gasteiger partial charge < -0.3 is 5.11 Å². The Bertz CT molecular complexity index is 235. The molecule has 0 saturated heterocycles. The molecule has 2 heteroatoms. The van der Waals surface area contributed by atoms with Crippen LogP contribution in [-0.2, 0) is 13.0 Å². The Labute approximate surface area is 73.0 Å². The summed E-state index contributed by atoms with van der Waals surface area (Å²) in [6.07, 6.45) is 1.67. The molecule has 0 fully saturated rings. The Morgan fingerprint density at radius 1 is 1.17 bits per heavy atom. The summed E-state index contributed by atoms with van der Waals surface area (Å²) in [5.74, 6) is 0. The average molecular weight is 164 g/mol. The molecular formula is C10H14NO. The van der Waals surface area contributed by atoms with E-state index in [0.29, 0.717) is 6.54 Å². The molecule has 65 valence electrons. The summed E-state index contributed by atoms with van der Waals surface area (Å²) in [5, 5.41) is 8.64. The summed E-state index contributed by atoms with van der Waals surface area (Å²) in [7, 11) is 0. The average Bonchev–Trinajstić information content (AvgIpc) is 2.15. The van der Waals surface area contributed by atoms with E-state index in [1.807, 2.05) is 24.3 Å². The summed E-state index contributed by atoms with van der Waals surface area (Å²) in [6.45, 7) is 0.563.